The molecule has 0 aromatic carbocycles. The van der Waals surface area contributed by atoms with E-state index in [9.17, 15) is 0 Å². The van der Waals surface area contributed by atoms with Crippen molar-refractivity contribution in [3.05, 3.63) is 0 Å². The minimum Gasteiger partial charge on any atom is -0.118 e. The maximum atomic E-state index is 2.81. The SMILES string of the molecule is CCCCCCCCCCCCC[CH2][Al]. The fourth-order valence-electron chi connectivity index (χ4n) is 1.99. The van der Waals surface area contributed by atoms with Crippen LogP contribution in [0.3, 0.4) is 0 Å². The molecule has 0 aromatic heterocycles. The molecule has 0 heterocycles. The van der Waals surface area contributed by atoms with E-state index in [4.69, 9.17) is 0 Å². The van der Waals surface area contributed by atoms with E-state index in [1.807, 2.05) is 0 Å². The van der Waals surface area contributed by atoms with Crippen LogP contribution in [0.25, 0.3) is 0 Å². The normalized spacial score (nSPS) is 10.7. The third-order valence-electron chi connectivity index (χ3n) is 3.06. The van der Waals surface area contributed by atoms with Crippen molar-refractivity contribution in [3.8, 4) is 0 Å². The van der Waals surface area contributed by atoms with Gasteiger partial charge in [0.1, 0.15) is 16.3 Å². The zero-order valence-corrected chi connectivity index (χ0v) is 11.9. The zero-order chi connectivity index (χ0) is 11.2. The van der Waals surface area contributed by atoms with Gasteiger partial charge in [-0.05, 0) is 0 Å². The highest BCUT2D eigenvalue weighted by atomic mass is 27.0. The number of unbranched alkanes of at least 4 members (excludes halogenated alkanes) is 11. The predicted octanol–water partition coefficient (Wildman–Crippen LogP) is 5.27. The lowest BCUT2D eigenvalue weighted by Gasteiger charge is -2.02. The second-order valence-corrected chi connectivity index (χ2v) is 5.26. The summed E-state index contributed by atoms with van der Waals surface area (Å²) in [5.74, 6) is 0. The lowest BCUT2D eigenvalue weighted by Crippen LogP contribution is -1.82. The molecule has 0 bridgehead atoms. The first-order chi connectivity index (χ1) is 7.41. The molecule has 0 N–H and O–H groups in total. The quantitative estimate of drug-likeness (QED) is 0.313. The van der Waals surface area contributed by atoms with Gasteiger partial charge >= 0.3 is 0 Å². The Morgan fingerprint density at radius 3 is 1.20 bits per heavy atom. The summed E-state index contributed by atoms with van der Waals surface area (Å²) in [6.07, 6.45) is 17.4. The van der Waals surface area contributed by atoms with Gasteiger partial charge in [-0.15, -0.1) is 5.28 Å². The predicted molar refractivity (Wildman–Crippen MR) is 71.6 cm³/mol. The van der Waals surface area contributed by atoms with E-state index in [0.717, 1.165) is 0 Å². The monoisotopic (exact) mass is 224 g/mol. The van der Waals surface area contributed by atoms with Crippen LogP contribution in [0.4, 0.5) is 0 Å². The second kappa shape index (κ2) is 14.5. The summed E-state index contributed by atoms with van der Waals surface area (Å²) in [4.78, 5) is 0. The van der Waals surface area contributed by atoms with Gasteiger partial charge in [0.05, 0.1) is 0 Å². The van der Waals surface area contributed by atoms with Crippen molar-refractivity contribution >= 4 is 16.3 Å². The maximum Gasteiger partial charge on any atom is 0.118 e. The Morgan fingerprint density at radius 2 is 0.867 bits per heavy atom. The fraction of sp³-hybridized carbons (Fsp3) is 1.00. The van der Waals surface area contributed by atoms with Crippen LogP contribution in [0.1, 0.15) is 84.0 Å². The van der Waals surface area contributed by atoms with E-state index >= 15 is 0 Å². The molecule has 88 valence electrons. The van der Waals surface area contributed by atoms with Gasteiger partial charge < -0.3 is 0 Å². The van der Waals surface area contributed by atoms with Crippen molar-refractivity contribution in [3.63, 3.8) is 0 Å². The van der Waals surface area contributed by atoms with Gasteiger partial charge in [0.2, 0.25) is 0 Å². The highest BCUT2D eigenvalue weighted by Crippen LogP contribution is 2.11. The smallest absolute Gasteiger partial charge is 0.118 e. The van der Waals surface area contributed by atoms with Crippen molar-refractivity contribution in [1.82, 2.24) is 0 Å². The number of hydrogen-bond donors (Lipinski definition) is 0. The summed E-state index contributed by atoms with van der Waals surface area (Å²) in [6, 6.07) is 0. The first-order valence-corrected chi connectivity index (χ1v) is 7.93. The van der Waals surface area contributed by atoms with Gasteiger partial charge in [0.25, 0.3) is 0 Å². The van der Waals surface area contributed by atoms with E-state index < -0.39 is 0 Å². The Bertz CT molecular complexity index is 89.5. The number of rotatable bonds is 12. The van der Waals surface area contributed by atoms with Crippen molar-refractivity contribution in [2.75, 3.05) is 0 Å². The minimum atomic E-state index is 1.29. The largest absolute Gasteiger partial charge is 0.118 e. The van der Waals surface area contributed by atoms with E-state index in [-0.39, 0.29) is 0 Å². The molecule has 2 radical (unpaired) electrons. The van der Waals surface area contributed by atoms with Crippen molar-refractivity contribution < 1.29 is 0 Å². The zero-order valence-electron chi connectivity index (χ0n) is 10.8. The molecule has 0 aromatic rings. The summed E-state index contributed by atoms with van der Waals surface area (Å²) >= 11 is 2.81. The Kier molecular flexibility index (Phi) is 15.0. The Labute approximate surface area is 106 Å². The molecule has 0 fully saturated rings. The molecule has 0 amide bonds. The molecule has 0 spiro atoms. The van der Waals surface area contributed by atoms with Gasteiger partial charge in [-0.25, -0.2) is 0 Å². The van der Waals surface area contributed by atoms with Crippen LogP contribution in [-0.4, -0.2) is 16.3 Å². The maximum absolute atomic E-state index is 2.81. The molecule has 0 aliphatic rings. The molecule has 0 nitrogen and oxygen atoms in total. The topological polar surface area (TPSA) is 0 Å². The van der Waals surface area contributed by atoms with Gasteiger partial charge in [0.15, 0.2) is 0 Å². The van der Waals surface area contributed by atoms with E-state index in [1.54, 1.807) is 0 Å². The summed E-state index contributed by atoms with van der Waals surface area (Å²) in [7, 11) is 0. The number of hydrogen-bond acceptors (Lipinski definition) is 0. The molecule has 0 atom stereocenters. The average molecular weight is 224 g/mol. The van der Waals surface area contributed by atoms with Crippen LogP contribution in [0, 0.1) is 0 Å². The standard InChI is InChI=1S/C14H29.Al/c1-3-5-7-9-11-13-14-12-10-8-6-4-2;/h1,3-14H2,2H3;. The first-order valence-electron chi connectivity index (χ1n) is 7.12. The third-order valence-corrected chi connectivity index (χ3v) is 3.47. The highest BCUT2D eigenvalue weighted by Gasteiger charge is 1.92. The van der Waals surface area contributed by atoms with Gasteiger partial charge in [0, 0.05) is 0 Å². The molecule has 0 aliphatic carbocycles. The lowest BCUT2D eigenvalue weighted by atomic mass is 10.1. The molecular weight excluding hydrogens is 195 g/mol. The molecule has 1 heteroatoms. The van der Waals surface area contributed by atoms with E-state index in [1.165, 1.54) is 82.3 Å². The Hall–Kier alpha value is 0.532. The first kappa shape index (κ1) is 15.5. The Balaban J connectivity index is 2.81. The molecule has 0 saturated carbocycles. The lowest BCUT2D eigenvalue weighted by molar-refractivity contribution is 0.548. The van der Waals surface area contributed by atoms with Crippen molar-refractivity contribution in [2.24, 2.45) is 0 Å². The van der Waals surface area contributed by atoms with Crippen molar-refractivity contribution in [1.29, 1.82) is 0 Å². The molecule has 0 rings (SSSR count). The van der Waals surface area contributed by atoms with Gasteiger partial charge in [-0.1, -0.05) is 84.0 Å². The summed E-state index contributed by atoms with van der Waals surface area (Å²) in [5.41, 5.74) is 0. The van der Waals surface area contributed by atoms with Crippen molar-refractivity contribution in [2.45, 2.75) is 89.3 Å². The second-order valence-electron chi connectivity index (χ2n) is 4.68. The third kappa shape index (κ3) is 14.5. The van der Waals surface area contributed by atoms with Crippen LogP contribution in [0.2, 0.25) is 5.28 Å². The van der Waals surface area contributed by atoms with Crippen LogP contribution in [-0.2, 0) is 0 Å². The van der Waals surface area contributed by atoms with E-state index in [2.05, 4.69) is 23.2 Å². The van der Waals surface area contributed by atoms with Crippen LogP contribution < -0.4 is 0 Å². The summed E-state index contributed by atoms with van der Waals surface area (Å²) in [6.45, 7) is 2.29. The molecule has 15 heavy (non-hydrogen) atoms. The van der Waals surface area contributed by atoms with Gasteiger partial charge in [-0.2, -0.15) is 0 Å². The minimum absolute atomic E-state index is 1.29. The van der Waals surface area contributed by atoms with Crippen LogP contribution in [0.5, 0.6) is 0 Å². The van der Waals surface area contributed by atoms with E-state index in [0.29, 0.717) is 0 Å². The summed E-state index contributed by atoms with van der Waals surface area (Å²) in [5, 5.41) is 1.29. The highest BCUT2D eigenvalue weighted by molar-refractivity contribution is 6.08. The fourth-order valence-corrected chi connectivity index (χ4v) is 2.27. The summed E-state index contributed by atoms with van der Waals surface area (Å²) < 4.78 is 0. The molecular formula is C14H29Al. The molecule has 0 saturated heterocycles. The molecule has 0 unspecified atom stereocenters. The molecule has 0 aliphatic heterocycles. The Morgan fingerprint density at radius 1 is 0.533 bits per heavy atom. The average Bonchev–Trinajstić information content (AvgIpc) is 2.26. The van der Waals surface area contributed by atoms with Gasteiger partial charge in [-0.3, -0.25) is 0 Å². The van der Waals surface area contributed by atoms with Crippen LogP contribution in [0.15, 0.2) is 0 Å². The van der Waals surface area contributed by atoms with Crippen LogP contribution >= 0.6 is 0 Å².